The minimum Gasteiger partial charge on any atom is -0.342 e. The van der Waals surface area contributed by atoms with Crippen LogP contribution in [0.4, 0.5) is 0 Å². The Morgan fingerprint density at radius 2 is 2.40 bits per heavy atom. The third kappa shape index (κ3) is 0.680. The summed E-state index contributed by atoms with van der Waals surface area (Å²) in [6, 6.07) is 0. The monoisotopic (exact) mass is 135 g/mol. The maximum atomic E-state index is 4.51. The molecule has 0 unspecified atom stereocenters. The summed E-state index contributed by atoms with van der Waals surface area (Å²) in [5, 5.41) is 7.29. The maximum Gasteiger partial charge on any atom is 0.222 e. The Hall–Kier alpha value is -1.65. The van der Waals surface area contributed by atoms with Gasteiger partial charge in [0.1, 0.15) is 5.71 Å². The molecule has 5 heteroatoms. The van der Waals surface area contributed by atoms with Gasteiger partial charge < -0.3 is 4.52 Å². The lowest BCUT2D eigenvalue weighted by Gasteiger charge is -1.81. The van der Waals surface area contributed by atoms with Crippen molar-refractivity contribution < 1.29 is 4.52 Å². The summed E-state index contributed by atoms with van der Waals surface area (Å²) in [4.78, 5) is 3.78. The highest BCUT2D eigenvalue weighted by Crippen LogP contribution is 1.98. The van der Waals surface area contributed by atoms with E-state index >= 15 is 0 Å². The summed E-state index contributed by atoms with van der Waals surface area (Å²) in [6.45, 7) is 0. The zero-order valence-electron chi connectivity index (χ0n) is 4.93. The molecule has 0 saturated heterocycles. The Balaban J connectivity index is 2.36. The Labute approximate surface area is 56.4 Å². The first kappa shape index (κ1) is 5.16. The molecule has 10 heavy (non-hydrogen) atoms. The van der Waals surface area contributed by atoms with Crippen LogP contribution in [0.1, 0.15) is 5.82 Å². The second-order valence-electron chi connectivity index (χ2n) is 1.67. The van der Waals surface area contributed by atoms with Crippen molar-refractivity contribution in [3.05, 3.63) is 24.5 Å². The number of hydrogen-bond acceptors (Lipinski definition) is 4. The first-order valence-corrected chi connectivity index (χ1v) is 2.68. The van der Waals surface area contributed by atoms with E-state index in [-0.39, 0.29) is 0 Å². The topological polar surface area (TPSA) is 65.4 Å². The Morgan fingerprint density at radius 3 is 3.00 bits per heavy atom. The molecular formula is C5H3N4O. The Morgan fingerprint density at radius 1 is 1.40 bits per heavy atom. The van der Waals surface area contributed by atoms with Crippen molar-refractivity contribution >= 4 is 5.71 Å². The van der Waals surface area contributed by atoms with Crippen LogP contribution in [0.5, 0.6) is 0 Å². The number of nitrogens with zero attached hydrogens (tertiary/aromatic N) is 4. The molecule has 0 aliphatic carbocycles. The van der Waals surface area contributed by atoms with Gasteiger partial charge in [-0.3, -0.25) is 0 Å². The van der Waals surface area contributed by atoms with Gasteiger partial charge in [0.25, 0.3) is 0 Å². The van der Waals surface area contributed by atoms with E-state index in [2.05, 4.69) is 25.2 Å². The van der Waals surface area contributed by atoms with E-state index < -0.39 is 0 Å². The zero-order valence-corrected chi connectivity index (χ0v) is 4.93. The zero-order chi connectivity index (χ0) is 6.81. The van der Waals surface area contributed by atoms with Crippen LogP contribution < -0.4 is 5.43 Å². The highest BCUT2D eigenvalue weighted by atomic mass is 16.5. The SMILES string of the molecule is C1=CC(c2ncon2)=N[N]1. The van der Waals surface area contributed by atoms with E-state index in [9.17, 15) is 0 Å². The van der Waals surface area contributed by atoms with Crippen LogP contribution in [-0.2, 0) is 0 Å². The summed E-state index contributed by atoms with van der Waals surface area (Å²) in [7, 11) is 0. The van der Waals surface area contributed by atoms with Crippen molar-refractivity contribution in [1.29, 1.82) is 0 Å². The molecule has 1 aromatic heterocycles. The van der Waals surface area contributed by atoms with Gasteiger partial charge in [0.05, 0.1) is 6.20 Å². The minimum absolute atomic E-state index is 0.470. The normalized spacial score (nSPS) is 15.0. The van der Waals surface area contributed by atoms with Gasteiger partial charge in [0, 0.05) is 0 Å². The van der Waals surface area contributed by atoms with Gasteiger partial charge in [-0.1, -0.05) is 5.16 Å². The van der Waals surface area contributed by atoms with Crippen molar-refractivity contribution in [2.24, 2.45) is 5.10 Å². The van der Waals surface area contributed by atoms with Gasteiger partial charge in [-0.15, -0.1) is 5.10 Å². The van der Waals surface area contributed by atoms with E-state index in [1.807, 2.05) is 0 Å². The highest BCUT2D eigenvalue weighted by molar-refractivity contribution is 6.06. The largest absolute Gasteiger partial charge is 0.342 e. The second-order valence-corrected chi connectivity index (χ2v) is 1.67. The van der Waals surface area contributed by atoms with Crippen LogP contribution in [0, 0.1) is 0 Å². The van der Waals surface area contributed by atoms with Crippen molar-refractivity contribution in [3.8, 4) is 0 Å². The lowest BCUT2D eigenvalue weighted by Crippen LogP contribution is -1.96. The third-order valence-corrected chi connectivity index (χ3v) is 1.05. The average Bonchev–Trinajstić information content (AvgIpc) is 2.59. The van der Waals surface area contributed by atoms with Gasteiger partial charge in [0.2, 0.25) is 12.2 Å². The molecule has 0 bridgehead atoms. The molecular weight excluding hydrogens is 132 g/mol. The number of hydrogen-bond donors (Lipinski definition) is 0. The molecule has 2 rings (SSSR count). The maximum absolute atomic E-state index is 4.51. The lowest BCUT2D eigenvalue weighted by molar-refractivity contribution is 0.415. The first-order valence-electron chi connectivity index (χ1n) is 2.68. The van der Waals surface area contributed by atoms with E-state index in [1.165, 1.54) is 6.39 Å². The molecule has 0 spiro atoms. The fraction of sp³-hybridized carbons (Fsp3) is 0. The molecule has 1 radical (unpaired) electrons. The third-order valence-electron chi connectivity index (χ3n) is 1.05. The summed E-state index contributed by atoms with van der Waals surface area (Å²) < 4.78 is 4.51. The smallest absolute Gasteiger partial charge is 0.222 e. The molecule has 0 aromatic carbocycles. The van der Waals surface area contributed by atoms with Crippen LogP contribution in [0.2, 0.25) is 0 Å². The number of allylic oxidation sites excluding steroid dienone is 1. The van der Waals surface area contributed by atoms with Crippen LogP contribution in [0.15, 0.2) is 28.3 Å². The van der Waals surface area contributed by atoms with E-state index in [0.717, 1.165) is 0 Å². The van der Waals surface area contributed by atoms with Gasteiger partial charge in [0.15, 0.2) is 0 Å². The van der Waals surface area contributed by atoms with Crippen molar-refractivity contribution in [2.45, 2.75) is 0 Å². The van der Waals surface area contributed by atoms with E-state index in [4.69, 9.17) is 0 Å². The van der Waals surface area contributed by atoms with Crippen LogP contribution >= 0.6 is 0 Å². The quantitative estimate of drug-likeness (QED) is 0.540. The molecule has 0 saturated carbocycles. The van der Waals surface area contributed by atoms with Gasteiger partial charge >= 0.3 is 0 Å². The van der Waals surface area contributed by atoms with E-state index in [1.54, 1.807) is 12.3 Å². The summed E-state index contributed by atoms with van der Waals surface area (Å²) in [5.41, 5.74) is 4.24. The second kappa shape index (κ2) is 1.94. The standard InChI is InChI=1S/C5H3N4O/c1-2-7-8-4(1)5-6-3-10-9-5/h1-3H. The fourth-order valence-electron chi connectivity index (χ4n) is 0.636. The predicted molar refractivity (Wildman–Crippen MR) is 32.1 cm³/mol. The van der Waals surface area contributed by atoms with Crippen LogP contribution in [0.3, 0.4) is 0 Å². The van der Waals surface area contributed by atoms with Crippen molar-refractivity contribution in [2.75, 3.05) is 0 Å². The molecule has 1 aliphatic heterocycles. The fourth-order valence-corrected chi connectivity index (χ4v) is 0.636. The Bertz CT molecular complexity index is 274. The number of aromatic nitrogens is 2. The molecule has 49 valence electrons. The van der Waals surface area contributed by atoms with Crippen LogP contribution in [0.25, 0.3) is 0 Å². The molecule has 0 amide bonds. The minimum atomic E-state index is 0.470. The molecule has 0 fully saturated rings. The van der Waals surface area contributed by atoms with Gasteiger partial charge in [-0.05, 0) is 6.08 Å². The first-order chi connectivity index (χ1) is 4.97. The Kier molecular flexibility index (Phi) is 1.00. The van der Waals surface area contributed by atoms with Crippen LogP contribution in [-0.4, -0.2) is 15.9 Å². The van der Waals surface area contributed by atoms with Gasteiger partial charge in [-0.25, -0.2) is 0 Å². The molecule has 0 N–H and O–H groups in total. The van der Waals surface area contributed by atoms with Gasteiger partial charge in [-0.2, -0.15) is 10.4 Å². The molecule has 5 nitrogen and oxygen atoms in total. The number of rotatable bonds is 1. The molecule has 0 atom stereocenters. The summed E-state index contributed by atoms with van der Waals surface area (Å²) in [5.74, 6) is 0.470. The molecule has 1 aromatic rings. The highest BCUT2D eigenvalue weighted by Gasteiger charge is 2.08. The summed E-state index contributed by atoms with van der Waals surface area (Å²) in [6.07, 6.45) is 4.54. The van der Waals surface area contributed by atoms with Crippen molar-refractivity contribution in [1.82, 2.24) is 15.6 Å². The predicted octanol–water partition coefficient (Wildman–Crippen LogP) is -0.0946. The summed E-state index contributed by atoms with van der Waals surface area (Å²) >= 11 is 0. The lowest BCUT2D eigenvalue weighted by atomic mass is 10.3. The van der Waals surface area contributed by atoms with E-state index in [0.29, 0.717) is 11.5 Å². The van der Waals surface area contributed by atoms with Crippen molar-refractivity contribution in [3.63, 3.8) is 0 Å². The molecule has 2 heterocycles. The average molecular weight is 135 g/mol. The molecule has 1 aliphatic rings.